The number of carbonyl (C=O) groups is 1. The predicted molar refractivity (Wildman–Crippen MR) is 88.8 cm³/mol. The first-order valence-electron chi connectivity index (χ1n) is 8.23. The number of H-pyrrole nitrogens is 1. The third kappa shape index (κ3) is 2.65. The highest BCUT2D eigenvalue weighted by Gasteiger charge is 2.48. The van der Waals surface area contributed by atoms with E-state index in [2.05, 4.69) is 19.9 Å². The predicted octanol–water partition coefficient (Wildman–Crippen LogP) is 1.31. The Bertz CT molecular complexity index is 705. The van der Waals surface area contributed by atoms with Gasteiger partial charge in [-0.15, -0.1) is 0 Å². The number of likely N-dealkylation sites (N-methyl/N-ethyl adjacent to an activating group) is 1. The van der Waals surface area contributed by atoms with Gasteiger partial charge in [-0.1, -0.05) is 0 Å². The molecule has 1 amide bonds. The Labute approximate surface area is 140 Å². The second-order valence-electron chi connectivity index (χ2n) is 6.57. The second kappa shape index (κ2) is 5.90. The van der Waals surface area contributed by atoms with Gasteiger partial charge < -0.3 is 19.5 Å². The number of nitrogens with zero attached hydrogens (tertiary/aromatic N) is 4. The van der Waals surface area contributed by atoms with Crippen LogP contribution in [0.1, 0.15) is 23.3 Å². The van der Waals surface area contributed by atoms with E-state index >= 15 is 0 Å². The standard InChI is InChI=1S/C17H21N5O2/c1-21(16-19-7-3-8-20-16)13-10-17(24-11-13)5-9-22(12-17)15(23)14-4-2-6-18-14/h2-4,6-8,13,18H,5,9-12H2,1H3/t13-,17-/m1/s1. The molecule has 0 bridgehead atoms. The third-order valence-corrected chi connectivity index (χ3v) is 5.04. The Balaban J connectivity index is 1.42. The van der Waals surface area contributed by atoms with Gasteiger partial charge in [-0.25, -0.2) is 9.97 Å². The van der Waals surface area contributed by atoms with Gasteiger partial charge in [0.25, 0.3) is 5.91 Å². The fourth-order valence-corrected chi connectivity index (χ4v) is 3.64. The lowest BCUT2D eigenvalue weighted by molar-refractivity contribution is 0.0123. The molecule has 0 aromatic carbocycles. The lowest BCUT2D eigenvalue weighted by Gasteiger charge is -2.26. The molecule has 1 N–H and O–H groups in total. The minimum Gasteiger partial charge on any atom is -0.371 e. The Hall–Kier alpha value is -2.41. The van der Waals surface area contributed by atoms with Crippen molar-refractivity contribution in [2.24, 2.45) is 0 Å². The number of aromatic amines is 1. The van der Waals surface area contributed by atoms with Gasteiger partial charge in [0.05, 0.1) is 24.8 Å². The van der Waals surface area contributed by atoms with Crippen LogP contribution in [0.2, 0.25) is 0 Å². The van der Waals surface area contributed by atoms with Crippen molar-refractivity contribution >= 4 is 11.9 Å². The molecule has 7 nitrogen and oxygen atoms in total. The topological polar surface area (TPSA) is 74.3 Å². The van der Waals surface area contributed by atoms with E-state index in [0.717, 1.165) is 19.4 Å². The van der Waals surface area contributed by atoms with E-state index in [1.165, 1.54) is 0 Å². The summed E-state index contributed by atoms with van der Waals surface area (Å²) >= 11 is 0. The number of rotatable bonds is 3. The summed E-state index contributed by atoms with van der Waals surface area (Å²) in [4.78, 5) is 28.0. The van der Waals surface area contributed by atoms with E-state index in [1.807, 2.05) is 30.1 Å². The highest BCUT2D eigenvalue weighted by atomic mass is 16.5. The second-order valence-corrected chi connectivity index (χ2v) is 6.57. The van der Waals surface area contributed by atoms with Crippen LogP contribution in [0.3, 0.4) is 0 Å². The van der Waals surface area contributed by atoms with Crippen LogP contribution in [0.15, 0.2) is 36.8 Å². The smallest absolute Gasteiger partial charge is 0.270 e. The molecular weight excluding hydrogens is 306 g/mol. The number of likely N-dealkylation sites (tertiary alicyclic amines) is 1. The maximum atomic E-state index is 12.5. The van der Waals surface area contributed by atoms with Gasteiger partial charge in [0.2, 0.25) is 5.95 Å². The number of anilines is 1. The summed E-state index contributed by atoms with van der Waals surface area (Å²) in [6.07, 6.45) is 7.03. The van der Waals surface area contributed by atoms with Crippen LogP contribution in [0.5, 0.6) is 0 Å². The molecular formula is C17H21N5O2. The summed E-state index contributed by atoms with van der Waals surface area (Å²) in [5, 5.41) is 0. The quantitative estimate of drug-likeness (QED) is 0.920. The Morgan fingerprint density at radius 1 is 1.42 bits per heavy atom. The molecule has 4 heterocycles. The molecule has 1 spiro atoms. The van der Waals surface area contributed by atoms with E-state index in [0.29, 0.717) is 24.8 Å². The zero-order chi connectivity index (χ0) is 16.6. The Morgan fingerprint density at radius 2 is 2.25 bits per heavy atom. The number of nitrogens with one attached hydrogen (secondary N) is 1. The van der Waals surface area contributed by atoms with Crippen LogP contribution in [-0.2, 0) is 4.74 Å². The van der Waals surface area contributed by atoms with Gasteiger partial charge in [-0.05, 0) is 24.6 Å². The number of aromatic nitrogens is 3. The summed E-state index contributed by atoms with van der Waals surface area (Å²) in [6.45, 7) is 2.01. The number of amides is 1. The average Bonchev–Trinajstić information content (AvgIpc) is 3.37. The molecule has 24 heavy (non-hydrogen) atoms. The average molecular weight is 327 g/mol. The summed E-state index contributed by atoms with van der Waals surface area (Å²) in [5.74, 6) is 0.754. The van der Waals surface area contributed by atoms with E-state index in [4.69, 9.17) is 4.74 Å². The van der Waals surface area contributed by atoms with Crippen molar-refractivity contribution in [3.05, 3.63) is 42.5 Å². The third-order valence-electron chi connectivity index (χ3n) is 5.04. The fraction of sp³-hybridized carbons (Fsp3) is 0.471. The van der Waals surface area contributed by atoms with Crippen LogP contribution in [-0.4, -0.2) is 64.1 Å². The molecule has 0 saturated carbocycles. The highest BCUT2D eigenvalue weighted by molar-refractivity contribution is 5.92. The first kappa shape index (κ1) is 15.1. The maximum Gasteiger partial charge on any atom is 0.270 e. The minimum absolute atomic E-state index is 0.0451. The van der Waals surface area contributed by atoms with Crippen molar-refractivity contribution < 1.29 is 9.53 Å². The van der Waals surface area contributed by atoms with Gasteiger partial charge in [-0.2, -0.15) is 0 Å². The Kier molecular flexibility index (Phi) is 3.72. The SMILES string of the molecule is CN(c1ncccn1)[C@H]1CO[C@]2(CCN(C(=O)c3ccc[nH]3)C2)C1. The summed E-state index contributed by atoms with van der Waals surface area (Å²) in [7, 11) is 2.00. The van der Waals surface area contributed by atoms with E-state index < -0.39 is 0 Å². The normalized spacial score (nSPS) is 26.2. The minimum atomic E-state index is -0.240. The molecule has 126 valence electrons. The lowest BCUT2D eigenvalue weighted by atomic mass is 9.97. The first-order valence-corrected chi connectivity index (χ1v) is 8.23. The molecule has 4 rings (SSSR count). The molecule has 0 aliphatic carbocycles. The summed E-state index contributed by atoms with van der Waals surface area (Å²) in [5.41, 5.74) is 0.395. The van der Waals surface area contributed by atoms with E-state index in [1.54, 1.807) is 18.6 Å². The zero-order valence-electron chi connectivity index (χ0n) is 13.7. The molecule has 2 atom stereocenters. The lowest BCUT2D eigenvalue weighted by Crippen LogP contribution is -2.38. The van der Waals surface area contributed by atoms with Crippen molar-refractivity contribution in [3.8, 4) is 0 Å². The molecule has 2 fully saturated rings. The van der Waals surface area contributed by atoms with Crippen molar-refractivity contribution in [2.45, 2.75) is 24.5 Å². The van der Waals surface area contributed by atoms with Crippen LogP contribution in [0, 0.1) is 0 Å². The van der Waals surface area contributed by atoms with Gasteiger partial charge in [0.15, 0.2) is 0 Å². The Morgan fingerprint density at radius 3 is 3.00 bits per heavy atom. The maximum absolute atomic E-state index is 12.5. The van der Waals surface area contributed by atoms with E-state index in [-0.39, 0.29) is 17.6 Å². The van der Waals surface area contributed by atoms with Crippen molar-refractivity contribution in [1.29, 1.82) is 0 Å². The monoisotopic (exact) mass is 327 g/mol. The number of hydrogen-bond donors (Lipinski definition) is 1. The highest BCUT2D eigenvalue weighted by Crippen LogP contribution is 2.37. The van der Waals surface area contributed by atoms with Crippen molar-refractivity contribution in [3.63, 3.8) is 0 Å². The van der Waals surface area contributed by atoms with Crippen LogP contribution in [0.25, 0.3) is 0 Å². The van der Waals surface area contributed by atoms with Crippen LogP contribution >= 0.6 is 0 Å². The molecule has 2 aliphatic heterocycles. The molecule has 2 aromatic rings. The number of ether oxygens (including phenoxy) is 1. The summed E-state index contributed by atoms with van der Waals surface area (Å²) in [6, 6.07) is 5.70. The number of hydrogen-bond acceptors (Lipinski definition) is 5. The molecule has 7 heteroatoms. The van der Waals surface area contributed by atoms with Gasteiger partial charge >= 0.3 is 0 Å². The molecule has 0 radical (unpaired) electrons. The van der Waals surface area contributed by atoms with E-state index in [9.17, 15) is 4.79 Å². The molecule has 0 unspecified atom stereocenters. The largest absolute Gasteiger partial charge is 0.371 e. The molecule has 2 aliphatic rings. The van der Waals surface area contributed by atoms with Crippen LogP contribution < -0.4 is 4.90 Å². The van der Waals surface area contributed by atoms with Crippen molar-refractivity contribution in [1.82, 2.24) is 19.9 Å². The molecule has 2 aromatic heterocycles. The fourth-order valence-electron chi connectivity index (χ4n) is 3.64. The van der Waals surface area contributed by atoms with Gasteiger partial charge in [0.1, 0.15) is 5.69 Å². The van der Waals surface area contributed by atoms with Gasteiger partial charge in [0, 0.05) is 38.6 Å². The molecule has 2 saturated heterocycles. The first-order chi connectivity index (χ1) is 11.7. The summed E-state index contributed by atoms with van der Waals surface area (Å²) < 4.78 is 6.15. The zero-order valence-corrected chi connectivity index (χ0v) is 13.7. The van der Waals surface area contributed by atoms with Gasteiger partial charge in [-0.3, -0.25) is 4.79 Å². The van der Waals surface area contributed by atoms with Crippen molar-refractivity contribution in [2.75, 3.05) is 31.6 Å². The van der Waals surface area contributed by atoms with Crippen LogP contribution in [0.4, 0.5) is 5.95 Å². The number of carbonyl (C=O) groups excluding carboxylic acids is 1.